The molecule has 158 valence electrons. The van der Waals surface area contributed by atoms with Gasteiger partial charge in [0, 0.05) is 39.1 Å². The highest BCUT2D eigenvalue weighted by Gasteiger charge is 2.44. The number of rotatable bonds is 7. The van der Waals surface area contributed by atoms with Crippen LogP contribution in [0.25, 0.3) is 0 Å². The minimum absolute atomic E-state index is 0.165. The average molecular weight is 400 g/mol. The van der Waals surface area contributed by atoms with Crippen LogP contribution >= 0.6 is 0 Å². The number of fused-ring (bicyclic) bond motifs is 1. The largest absolute Gasteiger partial charge is 0.379 e. The Balaban J connectivity index is 1.45. The van der Waals surface area contributed by atoms with Crippen LogP contribution in [0, 0.1) is 11.8 Å². The van der Waals surface area contributed by atoms with Gasteiger partial charge in [-0.15, -0.1) is 5.10 Å². The van der Waals surface area contributed by atoms with Crippen molar-refractivity contribution in [3.63, 3.8) is 0 Å². The fraction of sp³-hybridized carbons (Fsp3) is 0.714. The SMILES string of the molecule is CCCc1cnc(N2C[C@H]3C[C@@H](n4cc(CN(C)C)nn4)[C@H](OC)C[C@H]3C2)nc1. The lowest BCUT2D eigenvalue weighted by Crippen LogP contribution is -2.37. The molecule has 4 rings (SSSR count). The van der Waals surface area contributed by atoms with Crippen LogP contribution in [0.3, 0.4) is 0 Å². The summed E-state index contributed by atoms with van der Waals surface area (Å²) in [5.74, 6) is 2.07. The molecule has 1 saturated heterocycles. The molecule has 29 heavy (non-hydrogen) atoms. The molecular formula is C21H33N7O. The summed E-state index contributed by atoms with van der Waals surface area (Å²) in [6.07, 6.45) is 10.5. The summed E-state index contributed by atoms with van der Waals surface area (Å²) in [6, 6.07) is 0.234. The predicted molar refractivity (Wildman–Crippen MR) is 112 cm³/mol. The summed E-state index contributed by atoms with van der Waals surface area (Å²) >= 11 is 0. The highest BCUT2D eigenvalue weighted by Crippen LogP contribution is 2.42. The van der Waals surface area contributed by atoms with Gasteiger partial charge in [0.1, 0.15) is 0 Å². The van der Waals surface area contributed by atoms with E-state index in [0.29, 0.717) is 11.8 Å². The molecule has 2 fully saturated rings. The summed E-state index contributed by atoms with van der Waals surface area (Å²) in [5, 5.41) is 8.79. The van der Waals surface area contributed by atoms with E-state index in [9.17, 15) is 0 Å². The van der Waals surface area contributed by atoms with E-state index in [-0.39, 0.29) is 12.1 Å². The molecule has 4 atom stereocenters. The Bertz CT molecular complexity index is 791. The van der Waals surface area contributed by atoms with E-state index in [1.165, 1.54) is 5.56 Å². The highest BCUT2D eigenvalue weighted by molar-refractivity contribution is 5.33. The summed E-state index contributed by atoms with van der Waals surface area (Å²) in [7, 11) is 5.91. The van der Waals surface area contributed by atoms with Crippen molar-refractivity contribution >= 4 is 5.95 Å². The highest BCUT2D eigenvalue weighted by atomic mass is 16.5. The van der Waals surface area contributed by atoms with Gasteiger partial charge in [-0.2, -0.15) is 0 Å². The molecule has 8 heteroatoms. The maximum Gasteiger partial charge on any atom is 0.225 e. The van der Waals surface area contributed by atoms with Gasteiger partial charge >= 0.3 is 0 Å². The third-order valence-electron chi connectivity index (χ3n) is 6.28. The molecule has 2 aromatic rings. The minimum atomic E-state index is 0.165. The lowest BCUT2D eigenvalue weighted by molar-refractivity contribution is -0.00543. The number of hydrogen-bond donors (Lipinski definition) is 0. The van der Waals surface area contributed by atoms with Crippen molar-refractivity contribution in [2.45, 2.75) is 51.3 Å². The second kappa shape index (κ2) is 8.75. The van der Waals surface area contributed by atoms with Crippen LogP contribution in [0.5, 0.6) is 0 Å². The van der Waals surface area contributed by atoms with E-state index in [1.54, 1.807) is 0 Å². The fourth-order valence-corrected chi connectivity index (χ4v) is 4.89. The molecule has 0 aromatic carbocycles. The molecule has 0 amide bonds. The van der Waals surface area contributed by atoms with Crippen molar-refractivity contribution in [1.82, 2.24) is 29.9 Å². The number of methoxy groups -OCH3 is 1. The van der Waals surface area contributed by atoms with Crippen LogP contribution < -0.4 is 4.90 Å². The molecule has 8 nitrogen and oxygen atoms in total. The Morgan fingerprint density at radius 3 is 2.52 bits per heavy atom. The number of nitrogens with zero attached hydrogens (tertiary/aromatic N) is 7. The predicted octanol–water partition coefficient (Wildman–Crippen LogP) is 2.18. The van der Waals surface area contributed by atoms with Gasteiger partial charge < -0.3 is 14.5 Å². The summed E-state index contributed by atoms with van der Waals surface area (Å²) in [4.78, 5) is 13.7. The van der Waals surface area contributed by atoms with Crippen molar-refractivity contribution < 1.29 is 4.74 Å². The number of hydrogen-bond acceptors (Lipinski definition) is 7. The van der Waals surface area contributed by atoms with Gasteiger partial charge in [0.25, 0.3) is 0 Å². The molecule has 0 N–H and O–H groups in total. The molecule has 2 aliphatic rings. The first kappa shape index (κ1) is 20.2. The molecule has 0 radical (unpaired) electrons. The average Bonchev–Trinajstić information content (AvgIpc) is 3.33. The standard InChI is InChI=1S/C21H33N7O/c1-5-6-15-9-22-21(23-10-15)27-11-16-7-19(20(29-4)8-17(16)12-27)28-14-18(24-25-28)13-26(2)3/h9-10,14,16-17,19-20H,5-8,11-13H2,1-4H3/t16-,17+,19-,20-/m1/s1. The Morgan fingerprint density at radius 1 is 1.14 bits per heavy atom. The van der Waals surface area contributed by atoms with E-state index in [4.69, 9.17) is 4.74 Å². The molecule has 0 bridgehead atoms. The first-order valence-electron chi connectivity index (χ1n) is 10.7. The molecule has 0 spiro atoms. The van der Waals surface area contributed by atoms with Gasteiger partial charge in [0.2, 0.25) is 5.95 Å². The lowest BCUT2D eigenvalue weighted by atomic mass is 9.77. The maximum absolute atomic E-state index is 5.89. The first-order valence-corrected chi connectivity index (χ1v) is 10.7. The second-order valence-electron chi connectivity index (χ2n) is 8.81. The Labute approximate surface area is 173 Å². The number of aromatic nitrogens is 5. The molecule has 0 unspecified atom stereocenters. The van der Waals surface area contributed by atoms with E-state index < -0.39 is 0 Å². The van der Waals surface area contributed by atoms with E-state index in [2.05, 4.69) is 43.2 Å². The molecule has 2 aromatic heterocycles. The van der Waals surface area contributed by atoms with Gasteiger partial charge in [0.15, 0.2) is 0 Å². The third kappa shape index (κ3) is 4.43. The van der Waals surface area contributed by atoms with Gasteiger partial charge in [-0.05, 0) is 50.8 Å². The van der Waals surface area contributed by atoms with Crippen LogP contribution in [-0.2, 0) is 17.7 Å². The van der Waals surface area contributed by atoms with Gasteiger partial charge in [-0.25, -0.2) is 14.6 Å². The Morgan fingerprint density at radius 2 is 1.86 bits per heavy atom. The van der Waals surface area contributed by atoms with Gasteiger partial charge in [-0.3, -0.25) is 0 Å². The van der Waals surface area contributed by atoms with Gasteiger partial charge in [-0.1, -0.05) is 18.6 Å². The number of anilines is 1. The molecule has 1 aliphatic heterocycles. The second-order valence-corrected chi connectivity index (χ2v) is 8.81. The van der Waals surface area contributed by atoms with Crippen LogP contribution in [0.15, 0.2) is 18.6 Å². The molecule has 3 heterocycles. The Kier molecular flexibility index (Phi) is 6.10. The quantitative estimate of drug-likeness (QED) is 0.707. The van der Waals surface area contributed by atoms with Crippen LogP contribution in [0.4, 0.5) is 5.95 Å². The molecule has 1 aliphatic carbocycles. The van der Waals surface area contributed by atoms with Crippen molar-refractivity contribution in [1.29, 1.82) is 0 Å². The monoisotopic (exact) mass is 399 g/mol. The molecule has 1 saturated carbocycles. The van der Waals surface area contributed by atoms with Crippen molar-refractivity contribution in [3.05, 3.63) is 29.8 Å². The van der Waals surface area contributed by atoms with Crippen molar-refractivity contribution in [3.8, 4) is 0 Å². The van der Waals surface area contributed by atoms with Crippen LogP contribution in [0.1, 0.15) is 43.5 Å². The van der Waals surface area contributed by atoms with Crippen molar-refractivity contribution in [2.75, 3.05) is 39.2 Å². The number of ether oxygens (including phenoxy) is 1. The lowest BCUT2D eigenvalue weighted by Gasteiger charge is -2.36. The van der Waals surface area contributed by atoms with E-state index in [1.807, 2.05) is 38.3 Å². The van der Waals surface area contributed by atoms with Gasteiger partial charge in [0.05, 0.1) is 24.0 Å². The zero-order chi connectivity index (χ0) is 20.4. The maximum atomic E-state index is 5.89. The van der Waals surface area contributed by atoms with Crippen LogP contribution in [-0.4, -0.2) is 70.3 Å². The number of aryl methyl sites for hydroxylation is 1. The minimum Gasteiger partial charge on any atom is -0.379 e. The smallest absolute Gasteiger partial charge is 0.225 e. The summed E-state index contributed by atoms with van der Waals surface area (Å²) in [5.41, 5.74) is 2.22. The molecular weight excluding hydrogens is 366 g/mol. The Hall–Kier alpha value is -2.06. The van der Waals surface area contributed by atoms with Crippen molar-refractivity contribution in [2.24, 2.45) is 11.8 Å². The van der Waals surface area contributed by atoms with Crippen LogP contribution in [0.2, 0.25) is 0 Å². The third-order valence-corrected chi connectivity index (χ3v) is 6.28. The fourth-order valence-electron chi connectivity index (χ4n) is 4.89. The van der Waals surface area contributed by atoms with E-state index >= 15 is 0 Å². The normalized spacial score (nSPS) is 26.9. The summed E-state index contributed by atoms with van der Waals surface area (Å²) < 4.78 is 7.92. The topological polar surface area (TPSA) is 72.2 Å². The zero-order valence-electron chi connectivity index (χ0n) is 18.0. The zero-order valence-corrected chi connectivity index (χ0v) is 18.0. The first-order chi connectivity index (χ1) is 14.1. The summed E-state index contributed by atoms with van der Waals surface area (Å²) in [6.45, 7) is 4.99. The van der Waals surface area contributed by atoms with E-state index in [0.717, 1.165) is 57.0 Å².